The van der Waals surface area contributed by atoms with Crippen molar-refractivity contribution >= 4 is 12.0 Å². The summed E-state index contributed by atoms with van der Waals surface area (Å²) in [5.74, 6) is 2.26. The number of furan rings is 1. The van der Waals surface area contributed by atoms with Crippen molar-refractivity contribution in [3.8, 4) is 5.75 Å². The predicted molar refractivity (Wildman–Crippen MR) is 79.9 cm³/mol. The van der Waals surface area contributed by atoms with E-state index in [1.807, 2.05) is 56.3 Å². The highest BCUT2D eigenvalue weighted by Gasteiger charge is 2.19. The lowest BCUT2D eigenvalue weighted by Crippen LogP contribution is -2.30. The van der Waals surface area contributed by atoms with Gasteiger partial charge < -0.3 is 14.5 Å². The molecule has 1 aromatic heterocycles. The minimum Gasteiger partial charge on any atom is -0.488 e. The van der Waals surface area contributed by atoms with Crippen molar-refractivity contribution in [2.45, 2.75) is 19.9 Å². The molecule has 0 radical (unpaired) electrons. The van der Waals surface area contributed by atoms with Gasteiger partial charge in [-0.3, -0.25) is 4.79 Å². The first-order valence-electron chi connectivity index (χ1n) is 6.93. The van der Waals surface area contributed by atoms with Gasteiger partial charge in [0.1, 0.15) is 23.9 Å². The third kappa shape index (κ3) is 2.84. The molecule has 1 aromatic carbocycles. The lowest BCUT2D eigenvalue weighted by Gasteiger charge is -2.19. The SMILES string of the molecule is Cc1ccc(C(C)NC(=O)C2=Cc3ccccc3OC2)o1. The molecule has 0 bridgehead atoms. The van der Waals surface area contributed by atoms with Gasteiger partial charge in [-0.1, -0.05) is 18.2 Å². The lowest BCUT2D eigenvalue weighted by atomic mass is 10.1. The highest BCUT2D eigenvalue weighted by Crippen LogP contribution is 2.26. The summed E-state index contributed by atoms with van der Waals surface area (Å²) in [6.07, 6.45) is 1.87. The van der Waals surface area contributed by atoms with Crippen LogP contribution in [0.5, 0.6) is 5.75 Å². The molecule has 1 unspecified atom stereocenters. The Bertz CT molecular complexity index is 700. The molecule has 4 nitrogen and oxygen atoms in total. The first kappa shape index (κ1) is 13.5. The molecule has 0 spiro atoms. The second-order valence-electron chi connectivity index (χ2n) is 5.14. The van der Waals surface area contributed by atoms with E-state index in [2.05, 4.69) is 5.32 Å². The van der Waals surface area contributed by atoms with Crippen molar-refractivity contribution in [3.63, 3.8) is 0 Å². The molecule has 0 fully saturated rings. The van der Waals surface area contributed by atoms with Crippen LogP contribution in [0.1, 0.15) is 30.0 Å². The van der Waals surface area contributed by atoms with Gasteiger partial charge in [0.2, 0.25) is 0 Å². The Hall–Kier alpha value is -2.49. The van der Waals surface area contributed by atoms with Crippen molar-refractivity contribution < 1.29 is 13.9 Å². The molecule has 0 saturated carbocycles. The number of aryl methyl sites for hydroxylation is 1. The van der Waals surface area contributed by atoms with Crippen LogP contribution in [0.2, 0.25) is 0 Å². The van der Waals surface area contributed by atoms with Crippen molar-refractivity contribution in [1.82, 2.24) is 5.32 Å². The molecule has 1 aliphatic heterocycles. The molecule has 4 heteroatoms. The number of fused-ring (bicyclic) bond motifs is 1. The lowest BCUT2D eigenvalue weighted by molar-refractivity contribution is -0.118. The molecular formula is C17H17NO3. The van der Waals surface area contributed by atoms with Crippen LogP contribution in [-0.4, -0.2) is 12.5 Å². The van der Waals surface area contributed by atoms with Crippen molar-refractivity contribution in [2.75, 3.05) is 6.61 Å². The van der Waals surface area contributed by atoms with E-state index in [1.165, 1.54) is 0 Å². The highest BCUT2D eigenvalue weighted by atomic mass is 16.5. The molecular weight excluding hydrogens is 266 g/mol. The van der Waals surface area contributed by atoms with E-state index in [0.29, 0.717) is 5.57 Å². The minimum atomic E-state index is -0.177. The highest BCUT2D eigenvalue weighted by molar-refractivity contribution is 5.99. The Labute approximate surface area is 123 Å². The zero-order chi connectivity index (χ0) is 14.8. The average molecular weight is 283 g/mol. The van der Waals surface area contributed by atoms with Gasteiger partial charge in [-0.25, -0.2) is 0 Å². The van der Waals surface area contributed by atoms with Gasteiger partial charge in [0.05, 0.1) is 11.6 Å². The summed E-state index contributed by atoms with van der Waals surface area (Å²) < 4.78 is 11.1. The number of carbonyl (C=O) groups excluding carboxylic acids is 1. The molecule has 21 heavy (non-hydrogen) atoms. The molecule has 0 aliphatic carbocycles. The van der Waals surface area contributed by atoms with Crippen molar-refractivity contribution in [2.24, 2.45) is 0 Å². The Kier molecular flexibility index (Phi) is 3.52. The summed E-state index contributed by atoms with van der Waals surface area (Å²) >= 11 is 0. The summed E-state index contributed by atoms with van der Waals surface area (Å²) in [5, 5.41) is 2.93. The fourth-order valence-corrected chi connectivity index (χ4v) is 2.29. The zero-order valence-corrected chi connectivity index (χ0v) is 12.1. The van der Waals surface area contributed by atoms with Gasteiger partial charge in [-0.05, 0) is 38.1 Å². The van der Waals surface area contributed by atoms with E-state index >= 15 is 0 Å². The van der Waals surface area contributed by atoms with Gasteiger partial charge >= 0.3 is 0 Å². The number of nitrogens with one attached hydrogen (secondary N) is 1. The standard InChI is InChI=1S/C17H17NO3/c1-11-7-8-15(21-11)12(2)18-17(19)14-9-13-5-3-4-6-16(13)20-10-14/h3-9,12H,10H2,1-2H3,(H,18,19). The molecule has 2 aromatic rings. The van der Waals surface area contributed by atoms with Gasteiger partial charge in [0, 0.05) is 5.56 Å². The topological polar surface area (TPSA) is 51.5 Å². The number of hydrogen-bond donors (Lipinski definition) is 1. The normalized spacial score (nSPS) is 14.7. The van der Waals surface area contributed by atoms with E-state index in [0.717, 1.165) is 22.8 Å². The summed E-state index contributed by atoms with van der Waals surface area (Å²) in [7, 11) is 0. The van der Waals surface area contributed by atoms with Gasteiger partial charge in [-0.15, -0.1) is 0 Å². The first-order valence-corrected chi connectivity index (χ1v) is 6.93. The molecule has 0 saturated heterocycles. The number of para-hydroxylation sites is 1. The van der Waals surface area contributed by atoms with Gasteiger partial charge in [-0.2, -0.15) is 0 Å². The molecule has 1 N–H and O–H groups in total. The molecule has 108 valence electrons. The van der Waals surface area contributed by atoms with E-state index in [4.69, 9.17) is 9.15 Å². The molecule has 3 rings (SSSR count). The zero-order valence-electron chi connectivity index (χ0n) is 12.1. The Balaban J connectivity index is 1.73. The maximum atomic E-state index is 12.3. The van der Waals surface area contributed by atoms with E-state index < -0.39 is 0 Å². The number of benzene rings is 1. The van der Waals surface area contributed by atoms with Crippen molar-refractivity contribution in [3.05, 3.63) is 59.1 Å². The van der Waals surface area contributed by atoms with Crippen LogP contribution in [0.3, 0.4) is 0 Å². The summed E-state index contributed by atoms with van der Waals surface area (Å²) in [6, 6.07) is 11.3. The number of amides is 1. The molecule has 2 heterocycles. The first-order chi connectivity index (χ1) is 10.1. The van der Waals surface area contributed by atoms with Crippen LogP contribution in [0, 0.1) is 6.92 Å². The Morgan fingerprint density at radius 3 is 2.81 bits per heavy atom. The quantitative estimate of drug-likeness (QED) is 0.940. The average Bonchev–Trinajstić information content (AvgIpc) is 2.93. The fourth-order valence-electron chi connectivity index (χ4n) is 2.29. The number of rotatable bonds is 3. The maximum absolute atomic E-state index is 12.3. The largest absolute Gasteiger partial charge is 0.488 e. The summed E-state index contributed by atoms with van der Waals surface area (Å²) in [6.45, 7) is 4.06. The molecule has 1 atom stereocenters. The number of hydrogen-bond acceptors (Lipinski definition) is 3. The van der Waals surface area contributed by atoms with Crippen LogP contribution in [0.15, 0.2) is 46.4 Å². The summed E-state index contributed by atoms with van der Waals surface area (Å²) in [4.78, 5) is 12.3. The number of ether oxygens (including phenoxy) is 1. The second kappa shape index (κ2) is 5.48. The van der Waals surface area contributed by atoms with Gasteiger partial charge in [0.25, 0.3) is 5.91 Å². The van der Waals surface area contributed by atoms with Crippen LogP contribution >= 0.6 is 0 Å². The Morgan fingerprint density at radius 2 is 2.05 bits per heavy atom. The third-order valence-electron chi connectivity index (χ3n) is 3.46. The smallest absolute Gasteiger partial charge is 0.251 e. The predicted octanol–water partition coefficient (Wildman–Crippen LogP) is 3.24. The fraction of sp³-hybridized carbons (Fsp3) is 0.235. The van der Waals surface area contributed by atoms with Crippen LogP contribution in [-0.2, 0) is 4.79 Å². The van der Waals surface area contributed by atoms with Crippen LogP contribution < -0.4 is 10.1 Å². The third-order valence-corrected chi connectivity index (χ3v) is 3.46. The van der Waals surface area contributed by atoms with Crippen molar-refractivity contribution in [1.29, 1.82) is 0 Å². The second-order valence-corrected chi connectivity index (χ2v) is 5.14. The van der Waals surface area contributed by atoms with E-state index in [-0.39, 0.29) is 18.6 Å². The van der Waals surface area contributed by atoms with Crippen LogP contribution in [0.4, 0.5) is 0 Å². The maximum Gasteiger partial charge on any atom is 0.251 e. The monoisotopic (exact) mass is 283 g/mol. The van der Waals surface area contributed by atoms with Crippen LogP contribution in [0.25, 0.3) is 6.08 Å². The molecule has 1 aliphatic rings. The van der Waals surface area contributed by atoms with Gasteiger partial charge in [0.15, 0.2) is 0 Å². The Morgan fingerprint density at radius 1 is 1.24 bits per heavy atom. The number of carbonyl (C=O) groups is 1. The van der Waals surface area contributed by atoms with E-state index in [9.17, 15) is 4.79 Å². The summed E-state index contributed by atoms with van der Waals surface area (Å²) in [5.41, 5.74) is 1.54. The molecule has 1 amide bonds. The minimum absolute atomic E-state index is 0.133. The van der Waals surface area contributed by atoms with E-state index in [1.54, 1.807) is 0 Å².